The molecule has 0 radical (unpaired) electrons. The van der Waals surface area contributed by atoms with Gasteiger partial charge in [0.15, 0.2) is 0 Å². The Morgan fingerprint density at radius 2 is 2.10 bits per heavy atom. The van der Waals surface area contributed by atoms with Crippen LogP contribution in [-0.2, 0) is 17.1 Å². The van der Waals surface area contributed by atoms with Crippen molar-refractivity contribution in [1.29, 1.82) is 0 Å². The number of anilines is 1. The second kappa shape index (κ2) is 5.17. The molecule has 0 atom stereocenters. The predicted molar refractivity (Wildman–Crippen MR) is 76.3 cm³/mol. The van der Waals surface area contributed by atoms with Crippen LogP contribution in [0.3, 0.4) is 0 Å². The summed E-state index contributed by atoms with van der Waals surface area (Å²) in [5, 5.41) is 3.87. The monoisotopic (exact) mass is 314 g/mol. The van der Waals surface area contributed by atoms with Gasteiger partial charge in [-0.15, -0.1) is 0 Å². The number of benzene rings is 1. The number of nitrogens with two attached hydrogens (primary N) is 1. The van der Waals surface area contributed by atoms with E-state index in [1.807, 2.05) is 0 Å². The minimum atomic E-state index is -4.09. The molecule has 20 heavy (non-hydrogen) atoms. The second-order valence-electron chi connectivity index (χ2n) is 3.93. The molecule has 1 aromatic carbocycles. The molecule has 3 N–H and O–H groups in total. The first kappa shape index (κ1) is 14.4. The van der Waals surface area contributed by atoms with Crippen molar-refractivity contribution in [3.8, 4) is 0 Å². The van der Waals surface area contributed by atoms with Crippen molar-refractivity contribution in [2.45, 2.75) is 4.90 Å². The van der Waals surface area contributed by atoms with Gasteiger partial charge in [-0.05, 0) is 12.1 Å². The number of halogens is 1. The molecular weight excluding hydrogens is 303 g/mol. The number of thiocarbonyl (C=S) groups is 1. The molecule has 0 saturated heterocycles. The molecule has 0 aliphatic rings. The molecule has 0 unspecified atom stereocenters. The average molecular weight is 314 g/mol. The Bertz CT molecular complexity index is 770. The maximum Gasteiger partial charge on any atom is 0.265 e. The lowest BCUT2D eigenvalue weighted by Crippen LogP contribution is -2.20. The van der Waals surface area contributed by atoms with Crippen molar-refractivity contribution >= 4 is 33.0 Å². The van der Waals surface area contributed by atoms with Crippen LogP contribution in [0.25, 0.3) is 0 Å². The highest BCUT2D eigenvalue weighted by molar-refractivity contribution is 7.92. The van der Waals surface area contributed by atoms with E-state index in [0.717, 1.165) is 12.1 Å². The van der Waals surface area contributed by atoms with Crippen LogP contribution in [0.4, 0.5) is 10.2 Å². The summed E-state index contributed by atoms with van der Waals surface area (Å²) in [5.74, 6) is -0.764. The van der Waals surface area contributed by atoms with Gasteiger partial charge in [0.05, 0.1) is 11.8 Å². The Morgan fingerprint density at radius 3 is 2.70 bits per heavy atom. The van der Waals surface area contributed by atoms with Crippen molar-refractivity contribution in [2.24, 2.45) is 12.8 Å². The number of hydrogen-bond donors (Lipinski definition) is 2. The first-order chi connectivity index (χ1) is 9.33. The van der Waals surface area contributed by atoms with Crippen molar-refractivity contribution in [1.82, 2.24) is 9.78 Å². The first-order valence-electron chi connectivity index (χ1n) is 5.42. The normalized spacial score (nSPS) is 11.3. The fourth-order valence-electron chi connectivity index (χ4n) is 1.58. The SMILES string of the molecule is Cn1ncc(C(N)=S)c1NS(=O)(=O)c1ccccc1F. The van der Waals surface area contributed by atoms with Crippen LogP contribution in [-0.4, -0.2) is 23.2 Å². The van der Waals surface area contributed by atoms with E-state index in [2.05, 4.69) is 9.82 Å². The molecule has 0 amide bonds. The van der Waals surface area contributed by atoms with E-state index in [9.17, 15) is 12.8 Å². The third-order valence-corrected chi connectivity index (χ3v) is 4.15. The number of hydrogen-bond acceptors (Lipinski definition) is 4. The van der Waals surface area contributed by atoms with Crippen LogP contribution >= 0.6 is 12.2 Å². The number of aryl methyl sites for hydroxylation is 1. The Labute approximate surface area is 120 Å². The third kappa shape index (κ3) is 2.63. The molecule has 2 aromatic rings. The van der Waals surface area contributed by atoms with Crippen LogP contribution in [0.2, 0.25) is 0 Å². The highest BCUT2D eigenvalue weighted by atomic mass is 32.2. The lowest BCUT2D eigenvalue weighted by Gasteiger charge is -2.10. The quantitative estimate of drug-likeness (QED) is 0.822. The van der Waals surface area contributed by atoms with Gasteiger partial charge in [0.1, 0.15) is 21.5 Å². The van der Waals surface area contributed by atoms with Gasteiger partial charge >= 0.3 is 0 Å². The van der Waals surface area contributed by atoms with Crippen LogP contribution in [0.15, 0.2) is 35.4 Å². The fraction of sp³-hybridized carbons (Fsp3) is 0.0909. The predicted octanol–water partition coefficient (Wildman–Crippen LogP) is 0.994. The van der Waals surface area contributed by atoms with Crippen LogP contribution in [0.1, 0.15) is 5.56 Å². The summed E-state index contributed by atoms with van der Waals surface area (Å²) in [6, 6.07) is 5.05. The second-order valence-corrected chi connectivity index (χ2v) is 6.02. The lowest BCUT2D eigenvalue weighted by atomic mass is 10.3. The van der Waals surface area contributed by atoms with E-state index in [1.54, 1.807) is 0 Å². The zero-order valence-electron chi connectivity index (χ0n) is 10.4. The maximum absolute atomic E-state index is 13.6. The third-order valence-electron chi connectivity index (χ3n) is 2.56. The van der Waals surface area contributed by atoms with Crippen molar-refractivity contribution in [3.05, 3.63) is 41.8 Å². The van der Waals surface area contributed by atoms with Gasteiger partial charge < -0.3 is 5.73 Å². The first-order valence-corrected chi connectivity index (χ1v) is 7.31. The lowest BCUT2D eigenvalue weighted by molar-refractivity contribution is 0.570. The fourth-order valence-corrected chi connectivity index (χ4v) is 2.92. The molecule has 9 heteroatoms. The standard InChI is InChI=1S/C11H11FN4O2S2/c1-16-11(7(6-14-16)10(13)19)15-20(17,18)9-5-3-2-4-8(9)12/h2-6,15H,1H3,(H2,13,19). The zero-order chi connectivity index (χ0) is 14.9. The summed E-state index contributed by atoms with van der Waals surface area (Å²) in [7, 11) is -2.58. The van der Waals surface area contributed by atoms with Gasteiger partial charge in [-0.1, -0.05) is 24.4 Å². The van der Waals surface area contributed by atoms with Gasteiger partial charge in [-0.2, -0.15) is 5.10 Å². The van der Waals surface area contributed by atoms with Gasteiger partial charge in [0.25, 0.3) is 10.0 Å². The van der Waals surface area contributed by atoms with Crippen molar-refractivity contribution < 1.29 is 12.8 Å². The van der Waals surface area contributed by atoms with Gasteiger partial charge in [-0.25, -0.2) is 12.8 Å². The molecule has 1 heterocycles. The van der Waals surface area contributed by atoms with Crippen molar-refractivity contribution in [3.63, 3.8) is 0 Å². The van der Waals surface area contributed by atoms with E-state index >= 15 is 0 Å². The largest absolute Gasteiger partial charge is 0.389 e. The molecule has 0 aliphatic carbocycles. The summed E-state index contributed by atoms with van der Waals surface area (Å²) in [4.78, 5) is -0.473. The van der Waals surface area contributed by atoms with Gasteiger partial charge in [-0.3, -0.25) is 9.40 Å². The smallest absolute Gasteiger partial charge is 0.265 e. The molecule has 0 aliphatic heterocycles. The number of nitrogens with one attached hydrogen (secondary N) is 1. The average Bonchev–Trinajstić information content (AvgIpc) is 2.71. The number of aromatic nitrogens is 2. The minimum absolute atomic E-state index is 0.00988. The van der Waals surface area contributed by atoms with Crippen LogP contribution in [0, 0.1) is 5.82 Å². The topological polar surface area (TPSA) is 90.0 Å². The minimum Gasteiger partial charge on any atom is -0.389 e. The van der Waals surface area contributed by atoms with Crippen molar-refractivity contribution in [2.75, 3.05) is 4.72 Å². The molecule has 0 fully saturated rings. The van der Waals surface area contributed by atoms with E-state index < -0.39 is 20.7 Å². The summed E-state index contributed by atoms with van der Waals surface area (Å²) in [6.45, 7) is 0. The molecule has 0 bridgehead atoms. The number of nitrogens with zero attached hydrogens (tertiary/aromatic N) is 2. The van der Waals surface area contributed by atoms with E-state index in [0.29, 0.717) is 0 Å². The molecule has 6 nitrogen and oxygen atoms in total. The number of rotatable bonds is 4. The molecule has 2 rings (SSSR count). The summed E-state index contributed by atoms with van der Waals surface area (Å²) in [6.07, 6.45) is 1.33. The van der Waals surface area contributed by atoms with Crippen LogP contribution in [0.5, 0.6) is 0 Å². The van der Waals surface area contributed by atoms with Gasteiger partial charge in [0, 0.05) is 7.05 Å². The number of sulfonamides is 1. The Balaban J connectivity index is 2.47. The zero-order valence-corrected chi connectivity index (χ0v) is 12.0. The highest BCUT2D eigenvalue weighted by Crippen LogP contribution is 2.21. The molecule has 106 valence electrons. The van der Waals surface area contributed by atoms with E-state index in [1.165, 1.54) is 30.1 Å². The van der Waals surface area contributed by atoms with E-state index in [4.69, 9.17) is 18.0 Å². The highest BCUT2D eigenvalue weighted by Gasteiger charge is 2.22. The maximum atomic E-state index is 13.6. The molecule has 1 aromatic heterocycles. The Kier molecular flexibility index (Phi) is 3.73. The Morgan fingerprint density at radius 1 is 1.45 bits per heavy atom. The summed E-state index contributed by atoms with van der Waals surface area (Å²) in [5.41, 5.74) is 5.75. The molecular formula is C11H11FN4O2S2. The molecule has 0 saturated carbocycles. The summed E-state index contributed by atoms with van der Waals surface area (Å²) < 4.78 is 41.4. The summed E-state index contributed by atoms with van der Waals surface area (Å²) >= 11 is 4.81. The molecule has 0 spiro atoms. The van der Waals surface area contributed by atoms with Crippen LogP contribution < -0.4 is 10.5 Å². The van der Waals surface area contributed by atoms with E-state index in [-0.39, 0.29) is 16.4 Å². The Hall–Kier alpha value is -2.00. The van der Waals surface area contributed by atoms with Gasteiger partial charge in [0.2, 0.25) is 0 Å².